The van der Waals surface area contributed by atoms with Gasteiger partial charge in [0.2, 0.25) is 5.78 Å². The zero-order valence-electron chi connectivity index (χ0n) is 16.6. The second-order valence-electron chi connectivity index (χ2n) is 7.31. The van der Waals surface area contributed by atoms with E-state index < -0.39 is 0 Å². The van der Waals surface area contributed by atoms with Gasteiger partial charge in [-0.1, -0.05) is 40.2 Å². The molecule has 154 valence electrons. The van der Waals surface area contributed by atoms with Crippen molar-refractivity contribution in [2.45, 2.75) is 0 Å². The molecule has 32 heavy (non-hydrogen) atoms. The lowest BCUT2D eigenvalue weighted by Gasteiger charge is -2.09. The first kappa shape index (κ1) is 18.8. The Kier molecular flexibility index (Phi) is 4.29. The zero-order valence-corrected chi connectivity index (χ0v) is 18.2. The maximum atomic E-state index is 13.0. The highest BCUT2D eigenvalue weighted by molar-refractivity contribution is 9.10. The van der Waals surface area contributed by atoms with Gasteiger partial charge in [-0.3, -0.25) is 13.8 Å². The Morgan fingerprint density at radius 3 is 2.50 bits per heavy atom. The van der Waals surface area contributed by atoms with Gasteiger partial charge in [-0.05, 0) is 54.6 Å². The lowest BCUT2D eigenvalue weighted by atomic mass is 10.2. The van der Waals surface area contributed by atoms with E-state index in [1.807, 2.05) is 81.8 Å². The molecule has 3 heterocycles. The van der Waals surface area contributed by atoms with Crippen LogP contribution in [0.3, 0.4) is 0 Å². The van der Waals surface area contributed by atoms with Crippen LogP contribution in [0.4, 0.5) is 0 Å². The average Bonchev–Trinajstić information content (AvgIpc) is 3.14. The van der Waals surface area contributed by atoms with Crippen molar-refractivity contribution in [1.29, 1.82) is 0 Å². The van der Waals surface area contributed by atoms with Crippen LogP contribution in [0.25, 0.3) is 33.5 Å². The van der Waals surface area contributed by atoms with Crippen LogP contribution in [-0.2, 0) is 0 Å². The fourth-order valence-corrected chi connectivity index (χ4v) is 4.33. The molecule has 7 heteroatoms. The molecule has 0 saturated heterocycles. The molecule has 0 aliphatic carbocycles. The normalized spacial score (nSPS) is 11.4. The Morgan fingerprint density at radius 2 is 1.66 bits per heavy atom. The quantitative estimate of drug-likeness (QED) is 0.322. The molecule has 3 aromatic carbocycles. The minimum Gasteiger partial charge on any atom is -0.457 e. The number of hydrogen-bond donors (Lipinski definition) is 0. The van der Waals surface area contributed by atoms with Gasteiger partial charge in [0.1, 0.15) is 11.5 Å². The number of ether oxygens (including phenoxy) is 1. The third kappa shape index (κ3) is 2.98. The van der Waals surface area contributed by atoms with Crippen molar-refractivity contribution in [3.63, 3.8) is 0 Å². The molecule has 0 bridgehead atoms. The third-order valence-corrected chi connectivity index (χ3v) is 5.80. The van der Waals surface area contributed by atoms with E-state index in [1.54, 1.807) is 18.3 Å². The van der Waals surface area contributed by atoms with Gasteiger partial charge < -0.3 is 4.74 Å². The summed E-state index contributed by atoms with van der Waals surface area (Å²) in [5, 5.41) is 0.502. The number of nitrogens with zero attached hydrogens (tertiary/aromatic N) is 4. The number of para-hydroxylation sites is 1. The highest BCUT2D eigenvalue weighted by Crippen LogP contribution is 2.29. The molecule has 3 aromatic heterocycles. The minimum absolute atomic E-state index is 0.297. The van der Waals surface area contributed by atoms with Gasteiger partial charge in [-0.25, -0.2) is 4.98 Å². The SMILES string of the molecule is O=c1nc2n(-c3ccccc3)c3cccnc3n2c2cc(Oc3cccc(Br)c3)ccc12. The van der Waals surface area contributed by atoms with Crippen molar-refractivity contribution in [1.82, 2.24) is 18.9 Å². The summed E-state index contributed by atoms with van der Waals surface area (Å²) in [6.45, 7) is 0. The first-order chi connectivity index (χ1) is 15.7. The number of benzene rings is 3. The van der Waals surface area contributed by atoms with Crippen molar-refractivity contribution < 1.29 is 4.74 Å². The number of imidazole rings is 1. The predicted octanol–water partition coefficient (Wildman–Crippen LogP) is 5.74. The lowest BCUT2D eigenvalue weighted by molar-refractivity contribution is 0.483. The Labute approximate surface area is 190 Å². The molecular formula is C25H15BrN4O2. The summed E-state index contributed by atoms with van der Waals surface area (Å²) in [6.07, 6.45) is 1.74. The summed E-state index contributed by atoms with van der Waals surface area (Å²) >= 11 is 3.46. The van der Waals surface area contributed by atoms with Crippen molar-refractivity contribution in [2.75, 3.05) is 0 Å². The molecule has 0 amide bonds. The molecule has 0 fully saturated rings. The molecule has 0 aliphatic heterocycles. The molecular weight excluding hydrogens is 468 g/mol. The van der Waals surface area contributed by atoms with E-state index in [0.29, 0.717) is 33.8 Å². The van der Waals surface area contributed by atoms with Gasteiger partial charge in [0, 0.05) is 22.4 Å². The maximum absolute atomic E-state index is 13.0. The number of hydrogen-bond acceptors (Lipinski definition) is 4. The third-order valence-electron chi connectivity index (χ3n) is 5.31. The van der Waals surface area contributed by atoms with E-state index in [2.05, 4.69) is 25.9 Å². The van der Waals surface area contributed by atoms with Gasteiger partial charge in [-0.15, -0.1) is 0 Å². The highest BCUT2D eigenvalue weighted by Gasteiger charge is 2.18. The maximum Gasteiger partial charge on any atom is 0.282 e. The van der Waals surface area contributed by atoms with Gasteiger partial charge in [0.15, 0.2) is 5.65 Å². The number of aromatic nitrogens is 4. The Balaban J connectivity index is 1.68. The minimum atomic E-state index is -0.297. The van der Waals surface area contributed by atoms with Crippen LogP contribution in [-0.4, -0.2) is 18.9 Å². The predicted molar refractivity (Wildman–Crippen MR) is 128 cm³/mol. The largest absolute Gasteiger partial charge is 0.457 e. The summed E-state index contributed by atoms with van der Waals surface area (Å²) < 4.78 is 10.9. The summed E-state index contributed by atoms with van der Waals surface area (Å²) in [6, 6.07) is 26.7. The van der Waals surface area contributed by atoms with Gasteiger partial charge >= 0.3 is 0 Å². The first-order valence-electron chi connectivity index (χ1n) is 10.00. The van der Waals surface area contributed by atoms with Crippen molar-refractivity contribution in [3.05, 3.63) is 106 Å². The average molecular weight is 483 g/mol. The van der Waals surface area contributed by atoms with E-state index >= 15 is 0 Å². The fraction of sp³-hybridized carbons (Fsp3) is 0. The summed E-state index contributed by atoms with van der Waals surface area (Å²) in [5.74, 6) is 1.81. The topological polar surface area (TPSA) is 61.4 Å². The van der Waals surface area contributed by atoms with Gasteiger partial charge in [0.05, 0.1) is 16.4 Å². The van der Waals surface area contributed by atoms with Crippen LogP contribution < -0.4 is 10.3 Å². The van der Waals surface area contributed by atoms with Crippen molar-refractivity contribution >= 4 is 43.8 Å². The summed E-state index contributed by atoms with van der Waals surface area (Å²) in [5.41, 5.74) is 2.86. The monoisotopic (exact) mass is 482 g/mol. The fourth-order valence-electron chi connectivity index (χ4n) is 3.95. The van der Waals surface area contributed by atoms with E-state index in [9.17, 15) is 4.79 Å². The molecule has 0 aliphatic rings. The Morgan fingerprint density at radius 1 is 0.812 bits per heavy atom. The van der Waals surface area contributed by atoms with Gasteiger partial charge in [0.25, 0.3) is 5.56 Å². The molecule has 0 radical (unpaired) electrons. The van der Waals surface area contributed by atoms with E-state index in [-0.39, 0.29) is 5.56 Å². The molecule has 6 rings (SSSR count). The number of halogens is 1. The Hall–Kier alpha value is -3.97. The van der Waals surface area contributed by atoms with Crippen molar-refractivity contribution in [2.24, 2.45) is 0 Å². The van der Waals surface area contributed by atoms with Gasteiger partial charge in [-0.2, -0.15) is 4.98 Å². The van der Waals surface area contributed by atoms with Crippen LogP contribution in [0.15, 0.2) is 100 Å². The van der Waals surface area contributed by atoms with Crippen molar-refractivity contribution in [3.8, 4) is 17.2 Å². The summed E-state index contributed by atoms with van der Waals surface area (Å²) in [7, 11) is 0. The number of fused-ring (bicyclic) bond motifs is 5. The molecule has 0 unspecified atom stereocenters. The Bertz CT molecular complexity index is 1690. The molecule has 0 N–H and O–H groups in total. The van der Waals surface area contributed by atoms with Crippen LogP contribution >= 0.6 is 15.9 Å². The highest BCUT2D eigenvalue weighted by atomic mass is 79.9. The first-order valence-corrected chi connectivity index (χ1v) is 10.8. The van der Waals surface area contributed by atoms with Crippen LogP contribution in [0.5, 0.6) is 11.5 Å². The lowest BCUT2D eigenvalue weighted by Crippen LogP contribution is -2.12. The number of rotatable bonds is 3. The standard InChI is InChI=1S/C25H15BrN4O2/c26-16-6-4-9-18(14-16)32-19-11-12-20-22(15-19)30-23-21(10-5-13-27-23)29(25(30)28-24(20)31)17-7-2-1-3-8-17/h1-15H. The van der Waals surface area contributed by atoms with E-state index in [0.717, 1.165) is 15.7 Å². The smallest absolute Gasteiger partial charge is 0.282 e. The molecule has 6 aromatic rings. The second kappa shape index (κ2) is 7.32. The van der Waals surface area contributed by atoms with E-state index in [1.165, 1.54) is 0 Å². The summed E-state index contributed by atoms with van der Waals surface area (Å²) in [4.78, 5) is 22.0. The van der Waals surface area contributed by atoms with Crippen LogP contribution in [0.1, 0.15) is 0 Å². The number of pyridine rings is 1. The van der Waals surface area contributed by atoms with Crippen LogP contribution in [0.2, 0.25) is 0 Å². The molecule has 0 spiro atoms. The molecule has 0 saturated carbocycles. The molecule has 0 atom stereocenters. The van der Waals surface area contributed by atoms with Crippen LogP contribution in [0, 0.1) is 0 Å². The zero-order chi connectivity index (χ0) is 21.7. The van der Waals surface area contributed by atoms with E-state index in [4.69, 9.17) is 4.74 Å². The molecule has 6 nitrogen and oxygen atoms in total. The second-order valence-corrected chi connectivity index (χ2v) is 8.22.